The van der Waals surface area contributed by atoms with E-state index in [0.29, 0.717) is 13.1 Å². The van der Waals surface area contributed by atoms with Crippen molar-refractivity contribution >= 4 is 23.2 Å². The third-order valence-electron chi connectivity index (χ3n) is 5.12. The topological polar surface area (TPSA) is 49.9 Å². The molecular weight excluding hydrogens is 372 g/mol. The van der Waals surface area contributed by atoms with Crippen LogP contribution in [0.5, 0.6) is 0 Å². The van der Waals surface area contributed by atoms with Gasteiger partial charge in [-0.1, -0.05) is 36.8 Å². The molecule has 1 aliphatic heterocycles. The summed E-state index contributed by atoms with van der Waals surface area (Å²) in [6, 6.07) is 10.4. The van der Waals surface area contributed by atoms with E-state index in [9.17, 15) is 9.59 Å². The summed E-state index contributed by atoms with van der Waals surface area (Å²) in [5.41, 5.74) is 3.52. The number of carbonyl (C=O) groups is 2. The molecule has 0 N–H and O–H groups in total. The molecule has 3 rings (SSSR count). The van der Waals surface area contributed by atoms with Gasteiger partial charge in [0.05, 0.1) is 12.6 Å². The quantitative estimate of drug-likeness (QED) is 0.716. The number of hydrogen-bond donors (Lipinski definition) is 0. The van der Waals surface area contributed by atoms with Gasteiger partial charge in [-0.2, -0.15) is 0 Å². The molecule has 0 aliphatic carbocycles. The molecule has 0 bridgehead atoms. The molecule has 0 spiro atoms. The van der Waals surface area contributed by atoms with Crippen molar-refractivity contribution < 1.29 is 14.3 Å². The third kappa shape index (κ3) is 4.45. The predicted octanol–water partition coefficient (Wildman–Crippen LogP) is 3.42. The molecule has 0 fully saturated rings. The molecule has 1 unspecified atom stereocenters. The van der Waals surface area contributed by atoms with Gasteiger partial charge in [-0.05, 0) is 42.3 Å². The Morgan fingerprint density at radius 1 is 1.25 bits per heavy atom. The van der Waals surface area contributed by atoms with Crippen LogP contribution < -0.4 is 0 Å². The molecular formula is C22H28N2O3S. The maximum atomic E-state index is 13.3. The third-order valence-corrected chi connectivity index (χ3v) is 6.12. The first-order valence-corrected chi connectivity index (χ1v) is 10.6. The van der Waals surface area contributed by atoms with E-state index in [4.69, 9.17) is 4.74 Å². The molecule has 0 radical (unpaired) electrons. The number of rotatable bonds is 7. The zero-order valence-corrected chi connectivity index (χ0v) is 17.6. The second-order valence-corrected chi connectivity index (χ2v) is 8.20. The van der Waals surface area contributed by atoms with E-state index in [1.165, 1.54) is 23.1 Å². The van der Waals surface area contributed by atoms with Gasteiger partial charge in [0.2, 0.25) is 11.8 Å². The van der Waals surface area contributed by atoms with E-state index < -0.39 is 0 Å². The van der Waals surface area contributed by atoms with Gasteiger partial charge >= 0.3 is 0 Å². The lowest BCUT2D eigenvalue weighted by Gasteiger charge is -2.37. The molecule has 1 aliphatic rings. The molecule has 0 saturated heterocycles. The molecule has 28 heavy (non-hydrogen) atoms. The highest BCUT2D eigenvalue weighted by molar-refractivity contribution is 7.10. The monoisotopic (exact) mass is 400 g/mol. The minimum atomic E-state index is -0.141. The minimum Gasteiger partial charge on any atom is -0.375 e. The van der Waals surface area contributed by atoms with Gasteiger partial charge in [0.15, 0.2) is 0 Å². The van der Waals surface area contributed by atoms with Gasteiger partial charge in [-0.25, -0.2) is 0 Å². The lowest BCUT2D eigenvalue weighted by molar-refractivity contribution is -0.143. The Bertz CT molecular complexity index is 815. The number of methoxy groups -OCH3 is 1. The molecule has 5 nitrogen and oxygen atoms in total. The molecule has 2 amide bonds. The van der Waals surface area contributed by atoms with Crippen molar-refractivity contribution in [3.05, 3.63) is 57.3 Å². The summed E-state index contributed by atoms with van der Waals surface area (Å²) in [6.45, 7) is 5.39. The van der Waals surface area contributed by atoms with Gasteiger partial charge in [-0.3, -0.25) is 9.59 Å². The maximum Gasteiger partial charge on any atom is 0.249 e. The number of ether oxygens (including phenoxy) is 1. The van der Waals surface area contributed by atoms with Crippen LogP contribution in [0, 0.1) is 6.92 Å². The van der Waals surface area contributed by atoms with Crippen LogP contribution in [0.1, 0.15) is 41.0 Å². The molecule has 1 aromatic heterocycles. The first-order chi connectivity index (χ1) is 13.5. The molecule has 150 valence electrons. The summed E-state index contributed by atoms with van der Waals surface area (Å²) in [4.78, 5) is 30.5. The Morgan fingerprint density at radius 2 is 2.00 bits per heavy atom. The molecule has 1 atom stereocenters. The summed E-state index contributed by atoms with van der Waals surface area (Å²) in [7, 11) is 1.50. The smallest absolute Gasteiger partial charge is 0.249 e. The summed E-state index contributed by atoms with van der Waals surface area (Å²) in [6.07, 6.45) is 1.67. The highest BCUT2D eigenvalue weighted by atomic mass is 32.1. The summed E-state index contributed by atoms with van der Waals surface area (Å²) >= 11 is 1.76. The largest absolute Gasteiger partial charge is 0.375 e. The van der Waals surface area contributed by atoms with Crippen LogP contribution in [0.4, 0.5) is 0 Å². The Balaban J connectivity index is 1.87. The zero-order valence-electron chi connectivity index (χ0n) is 16.8. The fourth-order valence-electron chi connectivity index (χ4n) is 3.72. The normalized spacial score (nSPS) is 16.0. The van der Waals surface area contributed by atoms with Crippen LogP contribution in [0.25, 0.3) is 0 Å². The van der Waals surface area contributed by atoms with Gasteiger partial charge in [0, 0.05) is 25.1 Å². The van der Waals surface area contributed by atoms with Crippen molar-refractivity contribution in [3.63, 3.8) is 0 Å². The molecule has 1 aromatic carbocycles. The van der Waals surface area contributed by atoms with Gasteiger partial charge < -0.3 is 14.5 Å². The standard InChI is InChI=1S/C22H28N2O3S/c1-4-11-23(21(26)15-27-3)14-20(25)24-12-9-19-18(10-13-28-19)22(24)17-7-5-16(2)6-8-17/h5-8,10,13,22H,4,9,11-12,14-15H2,1-3H3. The second-order valence-electron chi connectivity index (χ2n) is 7.20. The highest BCUT2D eigenvalue weighted by Crippen LogP contribution is 2.37. The molecule has 6 heteroatoms. The van der Waals surface area contributed by atoms with Crippen molar-refractivity contribution in [2.75, 3.05) is 33.4 Å². The van der Waals surface area contributed by atoms with Crippen molar-refractivity contribution in [3.8, 4) is 0 Å². The zero-order chi connectivity index (χ0) is 20.1. The first kappa shape index (κ1) is 20.6. The number of aryl methyl sites for hydroxylation is 1. The maximum absolute atomic E-state index is 13.3. The fourth-order valence-corrected chi connectivity index (χ4v) is 4.63. The number of carbonyl (C=O) groups excluding carboxylic acids is 2. The second kappa shape index (κ2) is 9.34. The van der Waals surface area contributed by atoms with Crippen molar-refractivity contribution in [2.45, 2.75) is 32.7 Å². The van der Waals surface area contributed by atoms with Crippen LogP contribution in [-0.4, -0.2) is 55.0 Å². The van der Waals surface area contributed by atoms with Gasteiger partial charge in [0.25, 0.3) is 0 Å². The highest BCUT2D eigenvalue weighted by Gasteiger charge is 2.33. The summed E-state index contributed by atoms with van der Waals surface area (Å²) < 4.78 is 4.98. The number of fused-ring (bicyclic) bond motifs is 1. The summed E-state index contributed by atoms with van der Waals surface area (Å²) in [5.74, 6) is -0.154. The Labute approximate surface area is 170 Å². The van der Waals surface area contributed by atoms with Crippen LogP contribution in [0.3, 0.4) is 0 Å². The van der Waals surface area contributed by atoms with Gasteiger partial charge in [0.1, 0.15) is 6.61 Å². The van der Waals surface area contributed by atoms with Crippen LogP contribution in [0.2, 0.25) is 0 Å². The lowest BCUT2D eigenvalue weighted by Crippen LogP contribution is -2.47. The molecule has 0 saturated carbocycles. The van der Waals surface area contributed by atoms with E-state index >= 15 is 0 Å². The van der Waals surface area contributed by atoms with E-state index in [1.54, 1.807) is 16.2 Å². The number of benzene rings is 1. The minimum absolute atomic E-state index is 0.00332. The number of amides is 2. The van der Waals surface area contributed by atoms with E-state index in [0.717, 1.165) is 18.4 Å². The average molecular weight is 401 g/mol. The lowest BCUT2D eigenvalue weighted by atomic mass is 9.92. The van der Waals surface area contributed by atoms with Crippen molar-refractivity contribution in [1.82, 2.24) is 9.80 Å². The number of nitrogens with zero attached hydrogens (tertiary/aromatic N) is 2. The Kier molecular flexibility index (Phi) is 6.86. The Morgan fingerprint density at radius 3 is 2.68 bits per heavy atom. The average Bonchev–Trinajstić information content (AvgIpc) is 3.16. The van der Waals surface area contributed by atoms with Gasteiger partial charge in [-0.15, -0.1) is 11.3 Å². The molecule has 2 aromatic rings. The van der Waals surface area contributed by atoms with Crippen LogP contribution >= 0.6 is 11.3 Å². The Hall–Kier alpha value is -2.18. The van der Waals surface area contributed by atoms with Crippen molar-refractivity contribution in [2.24, 2.45) is 0 Å². The van der Waals surface area contributed by atoms with Crippen molar-refractivity contribution in [1.29, 1.82) is 0 Å². The first-order valence-electron chi connectivity index (χ1n) is 9.74. The molecule has 2 heterocycles. The SMILES string of the molecule is CCCN(CC(=O)N1CCc2sccc2C1c1ccc(C)cc1)C(=O)COC. The predicted molar refractivity (Wildman–Crippen MR) is 112 cm³/mol. The van der Waals surface area contributed by atoms with Crippen LogP contribution in [-0.2, 0) is 20.7 Å². The fraction of sp³-hybridized carbons (Fsp3) is 0.455. The van der Waals surface area contributed by atoms with E-state index in [1.807, 2.05) is 11.8 Å². The van der Waals surface area contributed by atoms with E-state index in [-0.39, 0.29) is 31.0 Å². The number of hydrogen-bond acceptors (Lipinski definition) is 4. The van der Waals surface area contributed by atoms with Crippen LogP contribution in [0.15, 0.2) is 35.7 Å². The summed E-state index contributed by atoms with van der Waals surface area (Å²) in [5, 5.41) is 2.10. The van der Waals surface area contributed by atoms with E-state index in [2.05, 4.69) is 42.6 Å². The number of thiophene rings is 1.